The van der Waals surface area contributed by atoms with Gasteiger partial charge in [0.1, 0.15) is 5.65 Å². The molecule has 1 aliphatic rings. The highest BCUT2D eigenvalue weighted by molar-refractivity contribution is 5.91. The molecule has 1 aliphatic heterocycles. The number of aromatic nitrogens is 2. The van der Waals surface area contributed by atoms with Crippen LogP contribution in [-0.4, -0.2) is 64.4 Å². The summed E-state index contributed by atoms with van der Waals surface area (Å²) in [6.07, 6.45) is 3.25. The minimum atomic E-state index is -0.183. The first kappa shape index (κ1) is 19.4. The lowest BCUT2D eigenvalue weighted by molar-refractivity contribution is 0.0907. The van der Waals surface area contributed by atoms with Crippen molar-refractivity contribution in [3.8, 4) is 0 Å². The topological polar surface area (TPSA) is 83.1 Å². The third kappa shape index (κ3) is 4.55. The van der Waals surface area contributed by atoms with Gasteiger partial charge in [-0.25, -0.2) is 4.98 Å². The van der Waals surface area contributed by atoms with E-state index in [1.807, 2.05) is 19.1 Å². The van der Waals surface area contributed by atoms with E-state index in [0.717, 1.165) is 49.6 Å². The monoisotopic (exact) mass is 395 g/mol. The molecular weight excluding hydrogens is 370 g/mol. The van der Waals surface area contributed by atoms with E-state index >= 15 is 0 Å². The molecule has 8 heteroatoms. The summed E-state index contributed by atoms with van der Waals surface area (Å²) in [5.41, 5.74) is 2.48. The zero-order valence-electron chi connectivity index (χ0n) is 16.5. The van der Waals surface area contributed by atoms with Gasteiger partial charge in [-0.1, -0.05) is 6.07 Å². The van der Waals surface area contributed by atoms with Crippen LogP contribution < -0.4 is 10.9 Å². The molecule has 1 N–H and O–H groups in total. The van der Waals surface area contributed by atoms with E-state index in [-0.39, 0.29) is 11.5 Å². The third-order valence-electron chi connectivity index (χ3n) is 5.25. The first-order valence-electron chi connectivity index (χ1n) is 9.84. The number of carbonyl (C=O) groups is 1. The van der Waals surface area contributed by atoms with Crippen LogP contribution in [0.25, 0.3) is 5.65 Å². The first-order chi connectivity index (χ1) is 14.1. The van der Waals surface area contributed by atoms with Crippen molar-refractivity contribution in [2.24, 2.45) is 0 Å². The van der Waals surface area contributed by atoms with Crippen LogP contribution in [0, 0.1) is 6.92 Å². The quantitative estimate of drug-likeness (QED) is 0.674. The maximum atomic E-state index is 12.4. The fraction of sp³-hybridized carbons (Fsp3) is 0.381. The molecule has 0 unspecified atom stereocenters. The molecule has 152 valence electrons. The lowest BCUT2D eigenvalue weighted by atomic mass is 10.2. The van der Waals surface area contributed by atoms with Crippen molar-refractivity contribution in [1.29, 1.82) is 0 Å². The Morgan fingerprint density at radius 1 is 1.17 bits per heavy atom. The van der Waals surface area contributed by atoms with E-state index in [9.17, 15) is 9.59 Å². The molecule has 4 heterocycles. The number of carbonyl (C=O) groups excluding carboxylic acids is 1. The van der Waals surface area contributed by atoms with Crippen LogP contribution in [0.5, 0.6) is 0 Å². The molecule has 29 heavy (non-hydrogen) atoms. The van der Waals surface area contributed by atoms with Gasteiger partial charge < -0.3 is 9.73 Å². The lowest BCUT2D eigenvalue weighted by Crippen LogP contribution is -2.48. The SMILES string of the molecule is Cc1cccn2c(=O)cc(CN3CCN(CCNC(=O)c4ccco4)CC3)nc12. The third-order valence-corrected chi connectivity index (χ3v) is 5.25. The fourth-order valence-corrected chi connectivity index (χ4v) is 3.61. The largest absolute Gasteiger partial charge is 0.459 e. The number of pyridine rings is 1. The van der Waals surface area contributed by atoms with Crippen LogP contribution in [-0.2, 0) is 6.54 Å². The van der Waals surface area contributed by atoms with Gasteiger partial charge in [0, 0.05) is 58.1 Å². The molecule has 8 nitrogen and oxygen atoms in total. The van der Waals surface area contributed by atoms with Gasteiger partial charge in [-0.05, 0) is 30.7 Å². The van der Waals surface area contributed by atoms with E-state index in [2.05, 4.69) is 15.1 Å². The van der Waals surface area contributed by atoms with E-state index in [4.69, 9.17) is 9.40 Å². The van der Waals surface area contributed by atoms with Crippen molar-refractivity contribution in [3.63, 3.8) is 0 Å². The summed E-state index contributed by atoms with van der Waals surface area (Å²) in [5, 5.41) is 2.88. The Kier molecular flexibility index (Phi) is 5.73. The number of hydrogen-bond acceptors (Lipinski definition) is 6. The predicted octanol–water partition coefficient (Wildman–Crippen LogP) is 1.14. The van der Waals surface area contributed by atoms with E-state index in [0.29, 0.717) is 18.8 Å². The molecule has 0 saturated carbocycles. The molecule has 3 aromatic heterocycles. The first-order valence-corrected chi connectivity index (χ1v) is 9.84. The van der Waals surface area contributed by atoms with Crippen LogP contribution in [0.2, 0.25) is 0 Å². The maximum Gasteiger partial charge on any atom is 0.287 e. The van der Waals surface area contributed by atoms with Crippen LogP contribution in [0.3, 0.4) is 0 Å². The summed E-state index contributed by atoms with van der Waals surface area (Å²) in [5.74, 6) is 0.154. The Morgan fingerprint density at radius 2 is 1.97 bits per heavy atom. The summed E-state index contributed by atoms with van der Waals surface area (Å²) < 4.78 is 6.68. The van der Waals surface area contributed by atoms with Gasteiger partial charge in [-0.15, -0.1) is 0 Å². The van der Waals surface area contributed by atoms with Crippen LogP contribution in [0.4, 0.5) is 0 Å². The predicted molar refractivity (Wildman–Crippen MR) is 109 cm³/mol. The number of hydrogen-bond donors (Lipinski definition) is 1. The molecule has 0 aromatic carbocycles. The number of rotatable bonds is 6. The number of nitrogens with zero attached hydrogens (tertiary/aromatic N) is 4. The maximum absolute atomic E-state index is 12.4. The molecule has 1 saturated heterocycles. The van der Waals surface area contributed by atoms with Gasteiger partial charge in [-0.3, -0.25) is 23.8 Å². The van der Waals surface area contributed by atoms with Crippen molar-refractivity contribution in [1.82, 2.24) is 24.5 Å². The molecular formula is C21H25N5O3. The van der Waals surface area contributed by atoms with Gasteiger partial charge >= 0.3 is 0 Å². The summed E-state index contributed by atoms with van der Waals surface area (Å²) in [6, 6.07) is 8.82. The number of piperazine rings is 1. The van der Waals surface area contributed by atoms with Gasteiger partial charge in [0.15, 0.2) is 5.76 Å². The highest BCUT2D eigenvalue weighted by Gasteiger charge is 2.18. The number of aryl methyl sites for hydroxylation is 1. The average molecular weight is 395 g/mol. The second kappa shape index (κ2) is 8.59. The lowest BCUT2D eigenvalue weighted by Gasteiger charge is -2.34. The smallest absolute Gasteiger partial charge is 0.287 e. The van der Waals surface area contributed by atoms with Gasteiger partial charge in [0.2, 0.25) is 0 Å². The Labute approximate surface area is 168 Å². The van der Waals surface area contributed by atoms with Crippen molar-refractivity contribution < 1.29 is 9.21 Å². The minimum Gasteiger partial charge on any atom is -0.459 e. The molecule has 0 bridgehead atoms. The normalized spacial score (nSPS) is 15.6. The number of nitrogens with one attached hydrogen (secondary N) is 1. The summed E-state index contributed by atoms with van der Waals surface area (Å²) in [6.45, 7) is 7.67. The van der Waals surface area contributed by atoms with Gasteiger partial charge in [0.05, 0.1) is 12.0 Å². The number of furan rings is 1. The summed E-state index contributed by atoms with van der Waals surface area (Å²) in [4.78, 5) is 33.6. The van der Waals surface area contributed by atoms with Crippen LogP contribution in [0.15, 0.2) is 52.0 Å². The Morgan fingerprint density at radius 3 is 2.72 bits per heavy atom. The van der Waals surface area contributed by atoms with Gasteiger partial charge in [0.25, 0.3) is 11.5 Å². The highest BCUT2D eigenvalue weighted by atomic mass is 16.3. The molecule has 0 atom stereocenters. The summed E-state index contributed by atoms with van der Waals surface area (Å²) >= 11 is 0. The fourth-order valence-electron chi connectivity index (χ4n) is 3.61. The van der Waals surface area contributed by atoms with Crippen LogP contribution in [0.1, 0.15) is 21.8 Å². The average Bonchev–Trinajstić information content (AvgIpc) is 3.25. The molecule has 0 spiro atoms. The molecule has 0 radical (unpaired) electrons. The molecule has 4 rings (SSSR count). The van der Waals surface area contributed by atoms with E-state index in [1.54, 1.807) is 28.8 Å². The molecule has 0 aliphatic carbocycles. The van der Waals surface area contributed by atoms with E-state index in [1.165, 1.54) is 6.26 Å². The van der Waals surface area contributed by atoms with Crippen molar-refractivity contribution in [2.45, 2.75) is 13.5 Å². The van der Waals surface area contributed by atoms with Crippen molar-refractivity contribution in [2.75, 3.05) is 39.3 Å². The standard InChI is InChI=1S/C21H25N5O3/c1-16-4-2-7-26-19(27)14-17(23-20(16)26)15-25-11-9-24(10-12-25)8-6-22-21(28)18-5-3-13-29-18/h2-5,7,13-14H,6,8-12,15H2,1H3,(H,22,28). The summed E-state index contributed by atoms with van der Waals surface area (Å²) in [7, 11) is 0. The Bertz CT molecular complexity index is 1040. The Balaban J connectivity index is 1.27. The second-order valence-corrected chi connectivity index (χ2v) is 7.32. The molecule has 1 amide bonds. The van der Waals surface area contributed by atoms with Crippen LogP contribution >= 0.6 is 0 Å². The highest BCUT2D eigenvalue weighted by Crippen LogP contribution is 2.09. The van der Waals surface area contributed by atoms with Crippen molar-refractivity contribution in [3.05, 3.63) is 70.2 Å². The zero-order chi connectivity index (χ0) is 20.2. The van der Waals surface area contributed by atoms with Crippen molar-refractivity contribution >= 4 is 11.6 Å². The second-order valence-electron chi connectivity index (χ2n) is 7.32. The molecule has 3 aromatic rings. The zero-order valence-corrected chi connectivity index (χ0v) is 16.5. The minimum absolute atomic E-state index is 0.0420. The number of fused-ring (bicyclic) bond motifs is 1. The van der Waals surface area contributed by atoms with Gasteiger partial charge in [-0.2, -0.15) is 0 Å². The van der Waals surface area contributed by atoms with E-state index < -0.39 is 0 Å². The number of amides is 1. The molecule has 1 fully saturated rings. The Hall–Kier alpha value is -2.97.